The van der Waals surface area contributed by atoms with E-state index in [1.807, 2.05) is 6.07 Å². The summed E-state index contributed by atoms with van der Waals surface area (Å²) in [7, 11) is 3.34. The van der Waals surface area contributed by atoms with Crippen molar-refractivity contribution in [2.75, 3.05) is 33.8 Å². The Labute approximate surface area is 193 Å². The number of halogens is 2. The fourth-order valence-electron chi connectivity index (χ4n) is 3.55. The van der Waals surface area contributed by atoms with E-state index in [2.05, 4.69) is 38.0 Å². The van der Waals surface area contributed by atoms with Gasteiger partial charge in [0.05, 0.1) is 12.6 Å². The first-order valence-corrected chi connectivity index (χ1v) is 10.6. The summed E-state index contributed by atoms with van der Waals surface area (Å²) < 4.78 is 18.8. The number of thiophene rings is 1. The molecule has 0 radical (unpaired) electrons. The molecule has 0 saturated carbocycles. The highest BCUT2D eigenvalue weighted by atomic mass is 127. The van der Waals surface area contributed by atoms with Gasteiger partial charge >= 0.3 is 0 Å². The smallest absolute Gasteiger partial charge is 0.191 e. The first-order chi connectivity index (χ1) is 13.7. The highest BCUT2D eigenvalue weighted by Crippen LogP contribution is 2.27. The number of hydrogen-bond acceptors (Lipinski definition) is 4. The van der Waals surface area contributed by atoms with Gasteiger partial charge in [0, 0.05) is 37.7 Å². The monoisotopic (exact) mass is 532 g/mol. The number of nitrogens with one attached hydrogen (secondary N) is 2. The van der Waals surface area contributed by atoms with Crippen LogP contribution in [0.3, 0.4) is 0 Å². The zero-order chi connectivity index (χ0) is 19.8. The number of hydrogen-bond donors (Lipinski definition) is 2. The van der Waals surface area contributed by atoms with E-state index in [0.29, 0.717) is 18.2 Å². The molecule has 1 aliphatic rings. The topological polar surface area (TPSA) is 48.9 Å². The van der Waals surface area contributed by atoms with Gasteiger partial charge in [0.1, 0.15) is 5.82 Å². The SMILES string of the molecule is CN=C(NCc1ccc(F)c(COC)c1)NCC(c1cccs1)N1CCCC1.I. The summed E-state index contributed by atoms with van der Waals surface area (Å²) in [6.07, 6.45) is 2.53. The Hall–Kier alpha value is -1.23. The molecule has 1 aromatic carbocycles. The molecule has 1 unspecified atom stereocenters. The molecule has 0 bridgehead atoms. The predicted octanol–water partition coefficient (Wildman–Crippen LogP) is 4.15. The summed E-state index contributed by atoms with van der Waals surface area (Å²) in [5, 5.41) is 8.92. The number of likely N-dealkylation sites (tertiary alicyclic amines) is 1. The van der Waals surface area contributed by atoms with Gasteiger partial charge in [-0.1, -0.05) is 12.1 Å². The standard InChI is InChI=1S/C21H29FN4OS.HI/c1-23-21(24-13-16-7-8-18(22)17(12-16)15-27-2)25-14-19(20-6-5-11-28-20)26-9-3-4-10-26;/h5-8,11-12,19H,3-4,9-10,13-15H2,1-2H3,(H2,23,24,25);1H. The van der Waals surface area contributed by atoms with Gasteiger partial charge in [-0.05, 0) is 55.1 Å². The number of rotatable bonds is 8. The maximum absolute atomic E-state index is 13.8. The lowest BCUT2D eigenvalue weighted by atomic mass is 10.1. The average molecular weight is 532 g/mol. The van der Waals surface area contributed by atoms with Crippen LogP contribution in [0, 0.1) is 5.82 Å². The molecule has 2 aromatic rings. The molecule has 8 heteroatoms. The highest BCUT2D eigenvalue weighted by Gasteiger charge is 2.24. The third-order valence-corrected chi connectivity index (χ3v) is 5.98. The zero-order valence-corrected chi connectivity index (χ0v) is 20.1. The maximum Gasteiger partial charge on any atom is 0.191 e. The number of aliphatic imine (C=N–C) groups is 1. The Kier molecular flexibility index (Phi) is 10.3. The van der Waals surface area contributed by atoms with Crippen molar-refractivity contribution in [3.63, 3.8) is 0 Å². The van der Waals surface area contributed by atoms with Crippen molar-refractivity contribution in [1.82, 2.24) is 15.5 Å². The van der Waals surface area contributed by atoms with Crippen LogP contribution in [0.2, 0.25) is 0 Å². The molecule has 1 fully saturated rings. The second-order valence-electron chi connectivity index (χ2n) is 6.94. The molecular weight excluding hydrogens is 502 g/mol. The Morgan fingerprint density at radius 3 is 2.72 bits per heavy atom. The second-order valence-corrected chi connectivity index (χ2v) is 7.92. The quantitative estimate of drug-likeness (QED) is 0.305. The molecular formula is C21H30FIN4OS. The molecule has 3 rings (SSSR count). The minimum Gasteiger partial charge on any atom is -0.380 e. The van der Waals surface area contributed by atoms with E-state index in [-0.39, 0.29) is 36.4 Å². The number of benzene rings is 1. The summed E-state index contributed by atoms with van der Waals surface area (Å²) >= 11 is 1.81. The van der Waals surface area contributed by atoms with E-state index in [0.717, 1.165) is 31.2 Å². The first-order valence-electron chi connectivity index (χ1n) is 9.69. The Morgan fingerprint density at radius 2 is 2.07 bits per heavy atom. The number of methoxy groups -OCH3 is 1. The predicted molar refractivity (Wildman–Crippen MR) is 129 cm³/mol. The van der Waals surface area contributed by atoms with Gasteiger partial charge in [-0.3, -0.25) is 9.89 Å². The number of guanidine groups is 1. The van der Waals surface area contributed by atoms with Crippen molar-refractivity contribution in [1.29, 1.82) is 0 Å². The van der Waals surface area contributed by atoms with Gasteiger partial charge < -0.3 is 15.4 Å². The fraction of sp³-hybridized carbons (Fsp3) is 0.476. The molecule has 1 aliphatic heterocycles. The molecule has 5 nitrogen and oxygen atoms in total. The Bertz CT molecular complexity index is 766. The van der Waals surface area contributed by atoms with Crippen LogP contribution in [0.1, 0.15) is 34.9 Å². The van der Waals surface area contributed by atoms with E-state index >= 15 is 0 Å². The molecule has 2 N–H and O–H groups in total. The number of ether oxygens (including phenoxy) is 1. The van der Waals surface area contributed by atoms with Crippen molar-refractivity contribution in [2.24, 2.45) is 4.99 Å². The third-order valence-electron chi connectivity index (χ3n) is 5.01. The average Bonchev–Trinajstić information content (AvgIpc) is 3.41. The van der Waals surface area contributed by atoms with Crippen molar-refractivity contribution in [3.8, 4) is 0 Å². The van der Waals surface area contributed by atoms with Crippen molar-refractivity contribution >= 4 is 41.3 Å². The molecule has 1 aromatic heterocycles. The summed E-state index contributed by atoms with van der Waals surface area (Å²) in [5.74, 6) is 0.510. The summed E-state index contributed by atoms with van der Waals surface area (Å²) in [6, 6.07) is 9.79. The van der Waals surface area contributed by atoms with Crippen LogP contribution < -0.4 is 10.6 Å². The van der Waals surface area contributed by atoms with E-state index in [1.165, 1.54) is 23.8 Å². The lowest BCUT2D eigenvalue weighted by Crippen LogP contribution is -2.42. The van der Waals surface area contributed by atoms with Crippen LogP contribution in [-0.4, -0.2) is 44.7 Å². The molecule has 160 valence electrons. The van der Waals surface area contributed by atoms with Gasteiger partial charge in [-0.15, -0.1) is 35.3 Å². The zero-order valence-electron chi connectivity index (χ0n) is 17.0. The highest BCUT2D eigenvalue weighted by molar-refractivity contribution is 14.0. The van der Waals surface area contributed by atoms with Gasteiger partial charge in [0.25, 0.3) is 0 Å². The number of nitrogens with zero attached hydrogens (tertiary/aromatic N) is 2. The van der Waals surface area contributed by atoms with Gasteiger partial charge in [-0.25, -0.2) is 4.39 Å². The van der Waals surface area contributed by atoms with Crippen molar-refractivity contribution < 1.29 is 9.13 Å². The van der Waals surface area contributed by atoms with Gasteiger partial charge in [0.15, 0.2) is 5.96 Å². The minimum atomic E-state index is -0.238. The van der Waals surface area contributed by atoms with Crippen LogP contribution in [0.5, 0.6) is 0 Å². The molecule has 0 aliphatic carbocycles. The summed E-state index contributed by atoms with van der Waals surface area (Å²) in [6.45, 7) is 3.94. The molecule has 2 heterocycles. The fourth-order valence-corrected chi connectivity index (χ4v) is 4.41. The lowest BCUT2D eigenvalue weighted by Gasteiger charge is -2.27. The second kappa shape index (κ2) is 12.5. The maximum atomic E-state index is 13.8. The normalized spacial score (nSPS) is 15.8. The first kappa shape index (κ1) is 24.0. The Balaban J connectivity index is 0.00000300. The summed E-state index contributed by atoms with van der Waals surface area (Å²) in [4.78, 5) is 8.27. The van der Waals surface area contributed by atoms with E-state index in [1.54, 1.807) is 31.6 Å². The largest absolute Gasteiger partial charge is 0.380 e. The van der Waals surface area contributed by atoms with Crippen LogP contribution in [0.15, 0.2) is 40.7 Å². The van der Waals surface area contributed by atoms with Crippen LogP contribution in [0.4, 0.5) is 4.39 Å². The van der Waals surface area contributed by atoms with Gasteiger partial charge in [-0.2, -0.15) is 0 Å². The van der Waals surface area contributed by atoms with Crippen molar-refractivity contribution in [3.05, 3.63) is 57.5 Å². The molecule has 29 heavy (non-hydrogen) atoms. The molecule has 1 atom stereocenters. The van der Waals surface area contributed by atoms with E-state index < -0.39 is 0 Å². The Morgan fingerprint density at radius 1 is 1.28 bits per heavy atom. The van der Waals surface area contributed by atoms with E-state index in [9.17, 15) is 4.39 Å². The van der Waals surface area contributed by atoms with Crippen molar-refractivity contribution in [2.45, 2.75) is 32.0 Å². The molecule has 1 saturated heterocycles. The van der Waals surface area contributed by atoms with Crippen LogP contribution in [-0.2, 0) is 17.9 Å². The van der Waals surface area contributed by atoms with Crippen LogP contribution in [0.25, 0.3) is 0 Å². The molecule has 0 spiro atoms. The summed E-state index contributed by atoms with van der Waals surface area (Å²) in [5.41, 5.74) is 1.56. The van der Waals surface area contributed by atoms with Gasteiger partial charge in [0.2, 0.25) is 0 Å². The lowest BCUT2D eigenvalue weighted by molar-refractivity contribution is 0.181. The van der Waals surface area contributed by atoms with Crippen LogP contribution >= 0.6 is 35.3 Å². The molecule has 0 amide bonds. The van der Waals surface area contributed by atoms with E-state index in [4.69, 9.17) is 4.74 Å². The third kappa shape index (κ3) is 6.91. The minimum absolute atomic E-state index is 0.